The summed E-state index contributed by atoms with van der Waals surface area (Å²) in [6.07, 6.45) is 3.16. The van der Waals surface area contributed by atoms with Gasteiger partial charge in [-0.1, -0.05) is 6.92 Å². The second-order valence-electron chi connectivity index (χ2n) is 8.36. The third-order valence-electron chi connectivity index (χ3n) is 6.07. The fraction of sp³-hybridized carbons (Fsp3) is 0.417. The summed E-state index contributed by atoms with van der Waals surface area (Å²) in [5.74, 6) is 1.68. The summed E-state index contributed by atoms with van der Waals surface area (Å²) in [4.78, 5) is 22.9. The van der Waals surface area contributed by atoms with Crippen molar-refractivity contribution >= 4 is 22.6 Å². The van der Waals surface area contributed by atoms with Crippen molar-refractivity contribution in [2.24, 2.45) is 5.92 Å². The third-order valence-corrected chi connectivity index (χ3v) is 6.07. The number of rotatable bonds is 5. The Morgan fingerprint density at radius 1 is 1.14 bits per heavy atom. The van der Waals surface area contributed by atoms with E-state index < -0.39 is 0 Å². The number of nitrogens with one attached hydrogen (secondary N) is 2. The van der Waals surface area contributed by atoms with Gasteiger partial charge in [0.2, 0.25) is 0 Å². The number of imidazole rings is 1. The normalized spacial score (nSPS) is 15.1. The van der Waals surface area contributed by atoms with E-state index in [1.165, 1.54) is 29.7 Å². The SMILES string of the molecule is Cc1cc2nc(CCNC(=O)c3ccc(N4CCC(C)CC4)cc3)[nH]c2cc1C. The molecule has 1 aliphatic rings. The minimum absolute atomic E-state index is 0.0355. The largest absolute Gasteiger partial charge is 0.372 e. The van der Waals surface area contributed by atoms with Gasteiger partial charge in [-0.15, -0.1) is 0 Å². The predicted octanol–water partition coefficient (Wildman–Crippen LogP) is 4.39. The summed E-state index contributed by atoms with van der Waals surface area (Å²) in [5, 5.41) is 3.01. The smallest absolute Gasteiger partial charge is 0.251 e. The summed E-state index contributed by atoms with van der Waals surface area (Å²) < 4.78 is 0. The van der Waals surface area contributed by atoms with Gasteiger partial charge in [0.1, 0.15) is 5.82 Å². The molecule has 152 valence electrons. The number of piperidine rings is 1. The lowest BCUT2D eigenvalue weighted by Gasteiger charge is -2.32. The molecule has 0 spiro atoms. The molecule has 2 N–H and O–H groups in total. The molecule has 1 aromatic heterocycles. The van der Waals surface area contributed by atoms with Crippen molar-refractivity contribution in [2.75, 3.05) is 24.5 Å². The van der Waals surface area contributed by atoms with Crippen LogP contribution in [0, 0.1) is 19.8 Å². The number of nitrogens with zero attached hydrogens (tertiary/aromatic N) is 2. The number of amides is 1. The van der Waals surface area contributed by atoms with Crippen molar-refractivity contribution < 1.29 is 4.79 Å². The van der Waals surface area contributed by atoms with Gasteiger partial charge in [0.05, 0.1) is 11.0 Å². The third kappa shape index (κ3) is 4.44. The Balaban J connectivity index is 1.31. The molecular weight excluding hydrogens is 360 g/mol. The minimum Gasteiger partial charge on any atom is -0.372 e. The van der Waals surface area contributed by atoms with Gasteiger partial charge in [-0.25, -0.2) is 4.98 Å². The molecule has 1 aliphatic heterocycles. The van der Waals surface area contributed by atoms with Crippen LogP contribution in [0.1, 0.15) is 47.1 Å². The Labute approximate surface area is 172 Å². The standard InChI is InChI=1S/C24H30N4O/c1-16-9-12-28(13-10-16)20-6-4-19(5-7-20)24(29)25-11-8-23-26-21-14-17(2)18(3)15-22(21)27-23/h4-7,14-16H,8-13H2,1-3H3,(H,25,29)(H,26,27). The van der Waals surface area contributed by atoms with Crippen molar-refractivity contribution in [3.05, 3.63) is 58.9 Å². The summed E-state index contributed by atoms with van der Waals surface area (Å²) in [6.45, 7) is 9.28. The number of benzene rings is 2. The number of H-pyrrole nitrogens is 1. The Kier molecular flexibility index (Phi) is 5.56. The van der Waals surface area contributed by atoms with Gasteiger partial charge in [-0.05, 0) is 80.1 Å². The van der Waals surface area contributed by atoms with Crippen LogP contribution in [-0.2, 0) is 6.42 Å². The number of aryl methyl sites for hydroxylation is 2. The number of hydrogen-bond donors (Lipinski definition) is 2. The van der Waals surface area contributed by atoms with Crippen molar-refractivity contribution in [1.29, 1.82) is 0 Å². The molecule has 2 aromatic carbocycles. The number of carbonyl (C=O) groups excluding carboxylic acids is 1. The van der Waals surface area contributed by atoms with E-state index in [4.69, 9.17) is 0 Å². The van der Waals surface area contributed by atoms with Crippen molar-refractivity contribution in [3.8, 4) is 0 Å². The molecule has 0 bridgehead atoms. The van der Waals surface area contributed by atoms with Crippen LogP contribution in [-0.4, -0.2) is 35.5 Å². The highest BCUT2D eigenvalue weighted by molar-refractivity contribution is 5.94. The molecule has 5 heteroatoms. The van der Waals surface area contributed by atoms with E-state index in [0.717, 1.165) is 35.9 Å². The number of aromatic amines is 1. The average Bonchev–Trinajstić information content (AvgIpc) is 3.10. The molecule has 0 radical (unpaired) electrons. The number of anilines is 1. The first kappa shape index (κ1) is 19.5. The fourth-order valence-electron chi connectivity index (χ4n) is 3.93. The van der Waals surface area contributed by atoms with Crippen molar-refractivity contribution in [2.45, 2.75) is 40.0 Å². The zero-order valence-corrected chi connectivity index (χ0v) is 17.6. The first-order valence-corrected chi connectivity index (χ1v) is 10.6. The lowest BCUT2D eigenvalue weighted by atomic mass is 9.98. The molecule has 0 unspecified atom stereocenters. The molecule has 0 atom stereocenters. The summed E-state index contributed by atoms with van der Waals surface area (Å²) in [7, 11) is 0. The topological polar surface area (TPSA) is 61.0 Å². The Morgan fingerprint density at radius 2 is 1.83 bits per heavy atom. The van der Waals surface area contributed by atoms with E-state index in [9.17, 15) is 4.79 Å². The summed E-state index contributed by atoms with van der Waals surface area (Å²) >= 11 is 0. The van der Waals surface area contributed by atoms with Gasteiger partial charge in [-0.2, -0.15) is 0 Å². The summed E-state index contributed by atoms with van der Waals surface area (Å²) in [6, 6.07) is 12.2. The Bertz CT molecular complexity index is 959. The van der Waals surface area contributed by atoms with Gasteiger partial charge in [-0.3, -0.25) is 4.79 Å². The molecule has 29 heavy (non-hydrogen) atoms. The zero-order chi connectivity index (χ0) is 20.4. The molecule has 2 heterocycles. The van der Waals surface area contributed by atoms with Crippen LogP contribution < -0.4 is 10.2 Å². The Hall–Kier alpha value is -2.82. The van der Waals surface area contributed by atoms with Crippen LogP contribution in [0.4, 0.5) is 5.69 Å². The van der Waals surface area contributed by atoms with Crippen LogP contribution >= 0.6 is 0 Å². The maximum absolute atomic E-state index is 12.5. The highest BCUT2D eigenvalue weighted by Crippen LogP contribution is 2.23. The first-order chi connectivity index (χ1) is 14.0. The second kappa shape index (κ2) is 8.27. The van der Waals surface area contributed by atoms with E-state index in [0.29, 0.717) is 18.5 Å². The molecule has 1 fully saturated rings. The molecule has 1 amide bonds. The lowest BCUT2D eigenvalue weighted by molar-refractivity contribution is 0.0954. The average molecular weight is 391 g/mol. The molecule has 0 aliphatic carbocycles. The predicted molar refractivity (Wildman–Crippen MR) is 119 cm³/mol. The van der Waals surface area contributed by atoms with Gasteiger partial charge in [0.15, 0.2) is 0 Å². The quantitative estimate of drug-likeness (QED) is 0.679. The molecule has 3 aromatic rings. The number of carbonyl (C=O) groups is 1. The monoisotopic (exact) mass is 390 g/mol. The van der Waals surface area contributed by atoms with Gasteiger partial charge in [0.25, 0.3) is 5.91 Å². The number of aromatic nitrogens is 2. The van der Waals surface area contributed by atoms with Crippen LogP contribution in [0.5, 0.6) is 0 Å². The highest BCUT2D eigenvalue weighted by atomic mass is 16.1. The lowest BCUT2D eigenvalue weighted by Crippen LogP contribution is -2.32. The number of hydrogen-bond acceptors (Lipinski definition) is 3. The second-order valence-corrected chi connectivity index (χ2v) is 8.36. The zero-order valence-electron chi connectivity index (χ0n) is 17.6. The van der Waals surface area contributed by atoms with Crippen molar-refractivity contribution in [1.82, 2.24) is 15.3 Å². The van der Waals surface area contributed by atoms with E-state index >= 15 is 0 Å². The van der Waals surface area contributed by atoms with E-state index in [-0.39, 0.29) is 5.91 Å². The van der Waals surface area contributed by atoms with Crippen LogP contribution in [0.15, 0.2) is 36.4 Å². The van der Waals surface area contributed by atoms with Gasteiger partial charge < -0.3 is 15.2 Å². The van der Waals surface area contributed by atoms with Crippen LogP contribution in [0.3, 0.4) is 0 Å². The molecular formula is C24H30N4O. The maximum Gasteiger partial charge on any atom is 0.251 e. The fourth-order valence-corrected chi connectivity index (χ4v) is 3.93. The molecule has 5 nitrogen and oxygen atoms in total. The van der Waals surface area contributed by atoms with E-state index in [2.05, 4.69) is 65.2 Å². The Morgan fingerprint density at radius 3 is 2.55 bits per heavy atom. The van der Waals surface area contributed by atoms with E-state index in [1.807, 2.05) is 12.1 Å². The molecule has 1 saturated heterocycles. The number of fused-ring (bicyclic) bond motifs is 1. The maximum atomic E-state index is 12.5. The summed E-state index contributed by atoms with van der Waals surface area (Å²) in [5.41, 5.74) is 6.44. The van der Waals surface area contributed by atoms with E-state index in [1.54, 1.807) is 0 Å². The van der Waals surface area contributed by atoms with Crippen LogP contribution in [0.25, 0.3) is 11.0 Å². The molecule has 0 saturated carbocycles. The molecule has 4 rings (SSSR count). The van der Waals surface area contributed by atoms with Crippen LogP contribution in [0.2, 0.25) is 0 Å². The van der Waals surface area contributed by atoms with Gasteiger partial charge in [0, 0.05) is 37.3 Å². The van der Waals surface area contributed by atoms with Gasteiger partial charge >= 0.3 is 0 Å². The highest BCUT2D eigenvalue weighted by Gasteiger charge is 2.16. The first-order valence-electron chi connectivity index (χ1n) is 10.6. The van der Waals surface area contributed by atoms with Crippen molar-refractivity contribution in [3.63, 3.8) is 0 Å². The minimum atomic E-state index is -0.0355.